The van der Waals surface area contributed by atoms with Crippen molar-refractivity contribution in [2.24, 2.45) is 0 Å². The standard InChI is InChI=1S/C7H14N2O2/c1-4-5-8-11-7(10)9-6(2)3/h4,6,8H,1,5H2,2-3H3,(H,9,10). The lowest BCUT2D eigenvalue weighted by Gasteiger charge is -2.07. The summed E-state index contributed by atoms with van der Waals surface area (Å²) in [5.74, 6) is 0. The number of hydrogen-bond acceptors (Lipinski definition) is 3. The third-order valence-electron chi connectivity index (χ3n) is 0.799. The third-order valence-corrected chi connectivity index (χ3v) is 0.799. The molecule has 0 spiro atoms. The van der Waals surface area contributed by atoms with Gasteiger partial charge in [-0.2, -0.15) is 0 Å². The summed E-state index contributed by atoms with van der Waals surface area (Å²) in [5, 5.41) is 2.54. The van der Waals surface area contributed by atoms with E-state index in [0.29, 0.717) is 6.54 Å². The molecule has 0 aliphatic rings. The minimum atomic E-state index is -0.471. The van der Waals surface area contributed by atoms with Crippen molar-refractivity contribution in [1.29, 1.82) is 0 Å². The van der Waals surface area contributed by atoms with Crippen LogP contribution in [0, 0.1) is 0 Å². The molecular formula is C7H14N2O2. The minimum absolute atomic E-state index is 0.0908. The fourth-order valence-electron chi connectivity index (χ4n) is 0.431. The molecule has 0 unspecified atom stereocenters. The Hall–Kier alpha value is -1.03. The molecule has 0 saturated carbocycles. The Balaban J connectivity index is 3.30. The fourth-order valence-corrected chi connectivity index (χ4v) is 0.431. The Morgan fingerprint density at radius 3 is 2.82 bits per heavy atom. The molecule has 0 radical (unpaired) electrons. The van der Waals surface area contributed by atoms with Crippen LogP contribution in [0.1, 0.15) is 13.8 Å². The first-order chi connectivity index (χ1) is 5.16. The second kappa shape index (κ2) is 5.73. The van der Waals surface area contributed by atoms with E-state index in [2.05, 4.69) is 22.2 Å². The van der Waals surface area contributed by atoms with E-state index < -0.39 is 6.09 Å². The summed E-state index contributed by atoms with van der Waals surface area (Å²) in [6.07, 6.45) is 1.13. The lowest BCUT2D eigenvalue weighted by molar-refractivity contribution is 0.0936. The van der Waals surface area contributed by atoms with Crippen molar-refractivity contribution < 1.29 is 9.63 Å². The predicted octanol–water partition coefficient (Wildman–Crippen LogP) is 0.812. The molecule has 0 rings (SSSR count). The Morgan fingerprint density at radius 2 is 2.36 bits per heavy atom. The van der Waals surface area contributed by atoms with Crippen LogP contribution < -0.4 is 10.8 Å². The molecule has 0 fully saturated rings. The highest BCUT2D eigenvalue weighted by molar-refractivity contribution is 5.67. The quantitative estimate of drug-likeness (QED) is 0.361. The maximum absolute atomic E-state index is 10.7. The fraction of sp³-hybridized carbons (Fsp3) is 0.571. The molecule has 0 aliphatic heterocycles. The molecule has 0 heterocycles. The minimum Gasteiger partial charge on any atom is -0.354 e. The van der Waals surface area contributed by atoms with Gasteiger partial charge < -0.3 is 10.2 Å². The van der Waals surface area contributed by atoms with Crippen molar-refractivity contribution in [1.82, 2.24) is 10.8 Å². The molecule has 0 aromatic carbocycles. The number of nitrogens with one attached hydrogen (secondary N) is 2. The van der Waals surface area contributed by atoms with Gasteiger partial charge in [0.2, 0.25) is 0 Å². The second-order valence-electron chi connectivity index (χ2n) is 2.33. The molecule has 0 atom stereocenters. The van der Waals surface area contributed by atoms with Crippen LogP contribution in [0.3, 0.4) is 0 Å². The van der Waals surface area contributed by atoms with E-state index in [1.54, 1.807) is 6.08 Å². The Bertz CT molecular complexity index is 134. The van der Waals surface area contributed by atoms with Crippen LogP contribution >= 0.6 is 0 Å². The highest BCUT2D eigenvalue weighted by atomic mass is 16.7. The van der Waals surface area contributed by atoms with Crippen LogP contribution in [-0.2, 0) is 4.84 Å². The lowest BCUT2D eigenvalue weighted by atomic mass is 10.4. The van der Waals surface area contributed by atoms with Gasteiger partial charge in [-0.1, -0.05) is 6.08 Å². The summed E-state index contributed by atoms with van der Waals surface area (Å²) in [6, 6.07) is 0.0908. The van der Waals surface area contributed by atoms with Crippen molar-refractivity contribution in [3.63, 3.8) is 0 Å². The Kier molecular flexibility index (Phi) is 5.20. The maximum atomic E-state index is 10.7. The summed E-state index contributed by atoms with van der Waals surface area (Å²) in [6.45, 7) is 7.61. The van der Waals surface area contributed by atoms with Gasteiger partial charge in [-0.3, -0.25) is 0 Å². The molecule has 0 saturated heterocycles. The molecule has 4 heteroatoms. The topological polar surface area (TPSA) is 50.4 Å². The van der Waals surface area contributed by atoms with Gasteiger partial charge in [0, 0.05) is 12.6 Å². The average Bonchev–Trinajstić information content (AvgIpc) is 1.86. The monoisotopic (exact) mass is 158 g/mol. The molecule has 1 amide bonds. The molecule has 64 valence electrons. The average molecular weight is 158 g/mol. The zero-order valence-corrected chi connectivity index (χ0v) is 6.89. The van der Waals surface area contributed by atoms with E-state index in [9.17, 15) is 4.79 Å². The maximum Gasteiger partial charge on any atom is 0.426 e. The first kappa shape index (κ1) is 9.97. The zero-order valence-electron chi connectivity index (χ0n) is 6.89. The van der Waals surface area contributed by atoms with E-state index >= 15 is 0 Å². The number of rotatable bonds is 4. The van der Waals surface area contributed by atoms with Crippen molar-refractivity contribution in [2.45, 2.75) is 19.9 Å². The molecule has 0 aliphatic carbocycles. The summed E-state index contributed by atoms with van der Waals surface area (Å²) in [5.41, 5.74) is 2.41. The molecular weight excluding hydrogens is 144 g/mol. The summed E-state index contributed by atoms with van der Waals surface area (Å²) in [7, 11) is 0. The number of amides is 1. The second-order valence-corrected chi connectivity index (χ2v) is 2.33. The summed E-state index contributed by atoms with van der Waals surface area (Å²) in [4.78, 5) is 15.2. The van der Waals surface area contributed by atoms with Crippen LogP contribution in [0.25, 0.3) is 0 Å². The van der Waals surface area contributed by atoms with Crippen LogP contribution in [0.2, 0.25) is 0 Å². The Labute approximate surface area is 66.6 Å². The van der Waals surface area contributed by atoms with Crippen molar-refractivity contribution in [3.8, 4) is 0 Å². The smallest absolute Gasteiger partial charge is 0.354 e. The number of hydroxylamine groups is 1. The van der Waals surface area contributed by atoms with Crippen LogP contribution in [0.15, 0.2) is 12.7 Å². The van der Waals surface area contributed by atoms with E-state index in [1.807, 2.05) is 13.8 Å². The first-order valence-corrected chi connectivity index (χ1v) is 3.48. The Morgan fingerprint density at radius 1 is 1.73 bits per heavy atom. The van der Waals surface area contributed by atoms with Crippen molar-refractivity contribution in [2.75, 3.05) is 6.54 Å². The molecule has 4 nitrogen and oxygen atoms in total. The molecule has 0 bridgehead atoms. The van der Waals surface area contributed by atoms with Gasteiger partial charge in [-0.05, 0) is 13.8 Å². The summed E-state index contributed by atoms with van der Waals surface area (Å²) >= 11 is 0. The normalized spacial score (nSPS) is 9.36. The van der Waals surface area contributed by atoms with Gasteiger partial charge in [0.1, 0.15) is 0 Å². The van der Waals surface area contributed by atoms with Crippen molar-refractivity contribution >= 4 is 6.09 Å². The zero-order chi connectivity index (χ0) is 8.69. The van der Waals surface area contributed by atoms with Crippen LogP contribution in [0.4, 0.5) is 4.79 Å². The SMILES string of the molecule is C=CCNOC(=O)NC(C)C. The number of carbonyl (C=O) groups is 1. The van der Waals surface area contributed by atoms with Gasteiger partial charge in [0.25, 0.3) is 0 Å². The van der Waals surface area contributed by atoms with Crippen LogP contribution in [-0.4, -0.2) is 18.7 Å². The largest absolute Gasteiger partial charge is 0.426 e. The van der Waals surface area contributed by atoms with Gasteiger partial charge in [-0.25, -0.2) is 4.79 Å². The first-order valence-electron chi connectivity index (χ1n) is 3.48. The predicted molar refractivity (Wildman–Crippen MR) is 43.0 cm³/mol. The van der Waals surface area contributed by atoms with E-state index in [4.69, 9.17) is 0 Å². The van der Waals surface area contributed by atoms with Gasteiger partial charge in [-0.15, -0.1) is 12.1 Å². The van der Waals surface area contributed by atoms with E-state index in [0.717, 1.165) is 0 Å². The van der Waals surface area contributed by atoms with Crippen LogP contribution in [0.5, 0.6) is 0 Å². The lowest BCUT2D eigenvalue weighted by Crippen LogP contribution is -2.34. The summed E-state index contributed by atoms with van der Waals surface area (Å²) < 4.78 is 0. The van der Waals surface area contributed by atoms with Crippen molar-refractivity contribution in [3.05, 3.63) is 12.7 Å². The van der Waals surface area contributed by atoms with Gasteiger partial charge >= 0.3 is 6.09 Å². The molecule has 11 heavy (non-hydrogen) atoms. The van der Waals surface area contributed by atoms with Gasteiger partial charge in [0.15, 0.2) is 0 Å². The van der Waals surface area contributed by atoms with E-state index in [1.165, 1.54) is 0 Å². The van der Waals surface area contributed by atoms with E-state index in [-0.39, 0.29) is 6.04 Å². The molecule has 0 aromatic heterocycles. The number of carbonyl (C=O) groups excluding carboxylic acids is 1. The van der Waals surface area contributed by atoms with Gasteiger partial charge in [0.05, 0.1) is 0 Å². The number of hydrogen-bond donors (Lipinski definition) is 2. The highest BCUT2D eigenvalue weighted by Gasteiger charge is 2.01. The third kappa shape index (κ3) is 6.86. The molecule has 2 N–H and O–H groups in total. The molecule has 0 aromatic rings. The highest BCUT2D eigenvalue weighted by Crippen LogP contribution is 1.78.